The molecule has 3 rings (SSSR count). The molecule has 0 aliphatic heterocycles. The lowest BCUT2D eigenvalue weighted by molar-refractivity contribution is 0.0697. The Hall–Kier alpha value is -3.89. The van der Waals surface area contributed by atoms with Crippen molar-refractivity contribution in [2.45, 2.75) is 4.90 Å². The van der Waals surface area contributed by atoms with Gasteiger partial charge in [-0.3, -0.25) is 4.55 Å². The molecule has 152 valence electrons. The van der Waals surface area contributed by atoms with Crippen molar-refractivity contribution in [2.75, 3.05) is 0 Å². The number of carboxylic acid groups (broad SMARTS) is 1. The maximum absolute atomic E-state index is 12.0. The zero-order valence-electron chi connectivity index (χ0n) is 15.4. The molecule has 0 fully saturated rings. The Morgan fingerprint density at radius 2 is 1.53 bits per heavy atom. The molecule has 4 N–H and O–H groups in total. The Morgan fingerprint density at radius 1 is 0.900 bits per heavy atom. The highest BCUT2D eigenvalue weighted by Crippen LogP contribution is 2.42. The maximum atomic E-state index is 12.0. The number of azo groups is 1. The molecule has 0 amide bonds. The van der Waals surface area contributed by atoms with E-state index in [1.807, 2.05) is 0 Å². The van der Waals surface area contributed by atoms with E-state index in [2.05, 4.69) is 15.3 Å². The van der Waals surface area contributed by atoms with E-state index in [9.17, 15) is 22.9 Å². The highest BCUT2D eigenvalue weighted by atomic mass is 32.2. The second-order valence-electron chi connectivity index (χ2n) is 6.00. The lowest BCUT2D eigenvalue weighted by atomic mass is 9.90. The van der Waals surface area contributed by atoms with E-state index in [0.717, 1.165) is 6.34 Å². The van der Waals surface area contributed by atoms with Crippen molar-refractivity contribution in [1.29, 1.82) is 0 Å². The molecule has 0 radical (unpaired) electrons. The van der Waals surface area contributed by atoms with E-state index < -0.39 is 16.1 Å². The van der Waals surface area contributed by atoms with Crippen LogP contribution < -0.4 is 5.84 Å². The van der Waals surface area contributed by atoms with Crippen molar-refractivity contribution in [3.8, 4) is 22.3 Å². The molecule has 0 saturated heterocycles. The summed E-state index contributed by atoms with van der Waals surface area (Å²) in [6.45, 7) is 0. The Labute approximate surface area is 172 Å². The number of benzene rings is 3. The molecule has 0 aliphatic carbocycles. The average Bonchev–Trinajstić information content (AvgIpc) is 2.73. The summed E-state index contributed by atoms with van der Waals surface area (Å²) in [5.74, 6) is 3.88. The van der Waals surface area contributed by atoms with Crippen molar-refractivity contribution < 1.29 is 22.9 Å². The summed E-state index contributed by atoms with van der Waals surface area (Å²) >= 11 is 0. The molecule has 0 unspecified atom stereocenters. The lowest BCUT2D eigenvalue weighted by Crippen LogP contribution is -2.03. The molecule has 30 heavy (non-hydrogen) atoms. The minimum Gasteiger partial charge on any atom is -0.478 e. The summed E-state index contributed by atoms with van der Waals surface area (Å²) in [4.78, 5) is 11.4. The number of rotatable bonds is 6. The lowest BCUT2D eigenvalue weighted by Gasteiger charge is -2.16. The summed E-state index contributed by atoms with van der Waals surface area (Å²) in [6.07, 6.45) is 0.996. The fraction of sp³-hybridized carbons (Fsp3) is 0. The Balaban J connectivity index is 2.44. The number of carbonyl (C=O) groups is 1. The highest BCUT2D eigenvalue weighted by Gasteiger charge is 2.23. The monoisotopic (exact) mass is 424 g/mol. The van der Waals surface area contributed by atoms with Gasteiger partial charge in [0.05, 0.1) is 11.3 Å². The van der Waals surface area contributed by atoms with Crippen LogP contribution in [-0.2, 0) is 10.1 Å². The van der Waals surface area contributed by atoms with E-state index >= 15 is 0 Å². The maximum Gasteiger partial charge on any atom is 0.336 e. The van der Waals surface area contributed by atoms with Gasteiger partial charge in [0.25, 0.3) is 10.1 Å². The fourth-order valence-electron chi connectivity index (χ4n) is 3.05. The third kappa shape index (κ3) is 4.24. The molecular formula is C20H16N4O5S. The number of nitrogens with zero attached hydrogens (tertiary/aromatic N) is 3. The molecule has 0 atom stereocenters. The van der Waals surface area contributed by atoms with Gasteiger partial charge in [-0.2, -0.15) is 13.5 Å². The van der Waals surface area contributed by atoms with Gasteiger partial charge in [0.15, 0.2) is 6.34 Å². The average molecular weight is 424 g/mol. The molecule has 3 aromatic carbocycles. The van der Waals surface area contributed by atoms with Gasteiger partial charge < -0.3 is 10.9 Å². The highest BCUT2D eigenvalue weighted by molar-refractivity contribution is 7.86. The third-order valence-corrected chi connectivity index (χ3v) is 5.12. The molecule has 10 heteroatoms. The molecule has 0 heterocycles. The van der Waals surface area contributed by atoms with Gasteiger partial charge in [0, 0.05) is 11.1 Å². The number of nitrogens with two attached hydrogens (primary N) is 1. The number of carboxylic acids is 1. The number of hydrogen-bond donors (Lipinski definition) is 3. The third-order valence-electron chi connectivity index (χ3n) is 4.21. The molecule has 0 aliphatic rings. The topological polar surface area (TPSA) is 155 Å². The van der Waals surface area contributed by atoms with Crippen LogP contribution in [0.1, 0.15) is 10.4 Å². The van der Waals surface area contributed by atoms with E-state index in [0.29, 0.717) is 11.1 Å². The van der Waals surface area contributed by atoms with Gasteiger partial charge >= 0.3 is 5.97 Å². The van der Waals surface area contributed by atoms with Gasteiger partial charge in [-0.05, 0) is 29.3 Å². The first kappa shape index (κ1) is 20.8. The van der Waals surface area contributed by atoms with E-state index in [1.54, 1.807) is 42.5 Å². The van der Waals surface area contributed by atoms with Crippen molar-refractivity contribution in [1.82, 2.24) is 0 Å². The van der Waals surface area contributed by atoms with Crippen LogP contribution in [0, 0.1) is 0 Å². The molecule has 3 aromatic rings. The zero-order valence-corrected chi connectivity index (χ0v) is 16.2. The minimum absolute atomic E-state index is 0.0145. The van der Waals surface area contributed by atoms with Gasteiger partial charge in [0.1, 0.15) is 4.90 Å². The Kier molecular flexibility index (Phi) is 6.00. The standard InChI is InChI=1S/C20H16N4O5S/c21-22-12-23-24-17-10-5-9-14(13-6-1-2-7-15(13)20(25)26)19(17)16-8-3-4-11-18(16)30(27,28)29/h1-12H,21H2,(H,25,26)(H,27,28,29). The molecular weight excluding hydrogens is 408 g/mol. The second-order valence-corrected chi connectivity index (χ2v) is 7.39. The molecule has 0 bridgehead atoms. The normalized spacial score (nSPS) is 11.9. The van der Waals surface area contributed by atoms with Gasteiger partial charge in [-0.1, -0.05) is 48.5 Å². The van der Waals surface area contributed by atoms with Crippen molar-refractivity contribution >= 4 is 28.1 Å². The van der Waals surface area contributed by atoms with Crippen LogP contribution in [0.2, 0.25) is 0 Å². The van der Waals surface area contributed by atoms with E-state index in [-0.39, 0.29) is 27.3 Å². The summed E-state index contributed by atoms with van der Waals surface area (Å²) in [5, 5.41) is 20.6. The van der Waals surface area contributed by atoms with Crippen molar-refractivity contribution in [3.05, 3.63) is 72.3 Å². The fourth-order valence-corrected chi connectivity index (χ4v) is 3.75. The van der Waals surface area contributed by atoms with Crippen LogP contribution >= 0.6 is 0 Å². The largest absolute Gasteiger partial charge is 0.478 e. The van der Waals surface area contributed by atoms with Gasteiger partial charge in [0.2, 0.25) is 0 Å². The summed E-state index contributed by atoms with van der Waals surface area (Å²) < 4.78 is 33.7. The Bertz CT molecular complexity index is 1270. The summed E-state index contributed by atoms with van der Waals surface area (Å²) in [6, 6.07) is 16.9. The first-order chi connectivity index (χ1) is 14.3. The number of aromatic carboxylic acids is 1. The molecule has 0 spiro atoms. The zero-order chi connectivity index (χ0) is 21.7. The predicted octanol–water partition coefficient (Wildman–Crippen LogP) is 3.95. The van der Waals surface area contributed by atoms with Crippen LogP contribution in [0.5, 0.6) is 0 Å². The van der Waals surface area contributed by atoms with Crippen LogP contribution in [0.4, 0.5) is 5.69 Å². The Morgan fingerprint density at radius 3 is 2.20 bits per heavy atom. The first-order valence-electron chi connectivity index (χ1n) is 8.49. The van der Waals surface area contributed by atoms with Gasteiger partial charge in [-0.15, -0.1) is 10.2 Å². The number of hydrogen-bond acceptors (Lipinski definition) is 6. The SMILES string of the molecule is NN=CN=Nc1cccc(-c2ccccc2C(=O)O)c1-c1ccccc1S(=O)(=O)O. The molecule has 0 aromatic heterocycles. The van der Waals surface area contributed by atoms with Gasteiger partial charge in [-0.25, -0.2) is 4.79 Å². The minimum atomic E-state index is -4.58. The van der Waals surface area contributed by atoms with Crippen LogP contribution in [0.25, 0.3) is 22.3 Å². The number of hydrazone groups is 1. The van der Waals surface area contributed by atoms with Crippen LogP contribution in [0.15, 0.2) is 87.0 Å². The first-order valence-corrected chi connectivity index (χ1v) is 9.93. The van der Waals surface area contributed by atoms with Crippen LogP contribution in [-0.4, -0.2) is 30.4 Å². The molecule has 9 nitrogen and oxygen atoms in total. The molecule has 0 saturated carbocycles. The quantitative estimate of drug-likeness (QED) is 0.136. The van der Waals surface area contributed by atoms with Crippen LogP contribution in [0.3, 0.4) is 0 Å². The predicted molar refractivity (Wildman–Crippen MR) is 111 cm³/mol. The van der Waals surface area contributed by atoms with E-state index in [4.69, 9.17) is 5.84 Å². The van der Waals surface area contributed by atoms with Crippen molar-refractivity contribution in [3.63, 3.8) is 0 Å². The summed E-state index contributed by atoms with van der Waals surface area (Å²) in [5.41, 5.74) is 1.38. The smallest absolute Gasteiger partial charge is 0.336 e. The van der Waals surface area contributed by atoms with Crippen molar-refractivity contribution in [2.24, 2.45) is 21.2 Å². The van der Waals surface area contributed by atoms with E-state index in [1.165, 1.54) is 24.3 Å². The second kappa shape index (κ2) is 8.64. The summed E-state index contributed by atoms with van der Waals surface area (Å²) in [7, 11) is -4.58.